The predicted molar refractivity (Wildman–Crippen MR) is 121 cm³/mol. The van der Waals surface area contributed by atoms with Crippen LogP contribution in [0.4, 0.5) is 21.9 Å². The van der Waals surface area contributed by atoms with Gasteiger partial charge in [0.1, 0.15) is 0 Å². The largest absolute Gasteiger partial charge is 0.326 e. The molecule has 2 aromatic carbocycles. The maximum Gasteiger partial charge on any atom is 0.321 e. The van der Waals surface area contributed by atoms with Crippen LogP contribution in [-0.2, 0) is 9.59 Å². The Bertz CT molecular complexity index is 973. The Kier molecular flexibility index (Phi) is 6.21. The van der Waals surface area contributed by atoms with Crippen LogP contribution in [0.1, 0.15) is 31.2 Å². The van der Waals surface area contributed by atoms with Crippen LogP contribution >= 0.6 is 0 Å². The Morgan fingerprint density at radius 1 is 0.968 bits per heavy atom. The summed E-state index contributed by atoms with van der Waals surface area (Å²) in [5, 5.41) is 5.88. The second-order valence-electron chi connectivity index (χ2n) is 8.27. The average Bonchev–Trinajstić information content (AvgIpc) is 3.20. The number of piperidine rings is 1. The summed E-state index contributed by atoms with van der Waals surface area (Å²) in [7, 11) is 0. The number of carbonyl (C=O) groups excluding carboxylic acids is 3. The minimum absolute atomic E-state index is 0.0851. The van der Waals surface area contributed by atoms with E-state index in [9.17, 15) is 14.4 Å². The van der Waals surface area contributed by atoms with E-state index in [2.05, 4.69) is 10.6 Å². The molecule has 0 spiro atoms. The van der Waals surface area contributed by atoms with E-state index in [-0.39, 0.29) is 23.8 Å². The number of carbonyl (C=O) groups is 3. The van der Waals surface area contributed by atoms with Crippen LogP contribution in [0, 0.1) is 12.8 Å². The lowest BCUT2D eigenvalue weighted by molar-refractivity contribution is -0.121. The van der Waals surface area contributed by atoms with Gasteiger partial charge in [0.05, 0.1) is 5.92 Å². The molecule has 0 saturated carbocycles. The molecule has 0 aromatic heterocycles. The average molecular weight is 421 g/mol. The molecule has 0 bridgehead atoms. The summed E-state index contributed by atoms with van der Waals surface area (Å²) in [6.45, 7) is 3.75. The topological polar surface area (TPSA) is 81.8 Å². The number of nitrogens with one attached hydrogen (secondary N) is 2. The van der Waals surface area contributed by atoms with E-state index >= 15 is 0 Å². The molecule has 31 heavy (non-hydrogen) atoms. The van der Waals surface area contributed by atoms with Gasteiger partial charge in [-0.25, -0.2) is 4.79 Å². The normalized spacial score (nSPS) is 18.7. The van der Waals surface area contributed by atoms with Crippen molar-refractivity contribution in [3.05, 3.63) is 54.1 Å². The smallest absolute Gasteiger partial charge is 0.321 e. The molecule has 2 aliphatic heterocycles. The highest BCUT2D eigenvalue weighted by atomic mass is 16.2. The van der Waals surface area contributed by atoms with Crippen molar-refractivity contribution in [1.82, 2.24) is 4.90 Å². The van der Waals surface area contributed by atoms with Gasteiger partial charge >= 0.3 is 6.03 Å². The highest BCUT2D eigenvalue weighted by Gasteiger charge is 2.29. The molecule has 7 heteroatoms. The maximum absolute atomic E-state index is 12.8. The van der Waals surface area contributed by atoms with Crippen LogP contribution in [0.25, 0.3) is 0 Å². The van der Waals surface area contributed by atoms with Crippen molar-refractivity contribution in [2.75, 3.05) is 35.2 Å². The third kappa shape index (κ3) is 5.05. The van der Waals surface area contributed by atoms with Gasteiger partial charge in [0.2, 0.25) is 11.8 Å². The number of hydrogen-bond acceptors (Lipinski definition) is 3. The van der Waals surface area contributed by atoms with Crippen LogP contribution in [0.15, 0.2) is 48.5 Å². The van der Waals surface area contributed by atoms with Crippen LogP contribution in [-0.4, -0.2) is 42.4 Å². The quantitative estimate of drug-likeness (QED) is 0.784. The Morgan fingerprint density at radius 3 is 2.48 bits per heavy atom. The Balaban J connectivity index is 1.33. The SMILES string of the molecule is Cc1cccc(NC(=O)N2CCCC(C(=O)Nc3ccc(N4CCCC4=O)cc3)C2)c1. The van der Waals surface area contributed by atoms with Gasteiger partial charge in [0.15, 0.2) is 0 Å². The molecule has 4 amide bonds. The van der Waals surface area contributed by atoms with E-state index in [0.717, 1.165) is 42.7 Å². The first kappa shape index (κ1) is 20.9. The number of likely N-dealkylation sites (tertiary alicyclic amines) is 1. The van der Waals surface area contributed by atoms with Crippen molar-refractivity contribution < 1.29 is 14.4 Å². The zero-order valence-corrected chi connectivity index (χ0v) is 17.8. The van der Waals surface area contributed by atoms with Gasteiger partial charge in [0, 0.05) is 43.1 Å². The third-order valence-corrected chi connectivity index (χ3v) is 5.87. The van der Waals surface area contributed by atoms with Crippen molar-refractivity contribution in [3.63, 3.8) is 0 Å². The molecule has 2 N–H and O–H groups in total. The highest BCUT2D eigenvalue weighted by molar-refractivity contribution is 5.97. The van der Waals surface area contributed by atoms with Gasteiger partial charge < -0.3 is 20.4 Å². The molecule has 2 aliphatic rings. The van der Waals surface area contributed by atoms with Gasteiger partial charge in [-0.3, -0.25) is 9.59 Å². The number of urea groups is 1. The fraction of sp³-hybridized carbons (Fsp3) is 0.375. The fourth-order valence-electron chi connectivity index (χ4n) is 4.19. The number of amides is 4. The summed E-state index contributed by atoms with van der Waals surface area (Å²) in [6.07, 6.45) is 3.01. The van der Waals surface area contributed by atoms with Gasteiger partial charge in [-0.1, -0.05) is 12.1 Å². The maximum atomic E-state index is 12.8. The zero-order valence-electron chi connectivity index (χ0n) is 17.8. The zero-order chi connectivity index (χ0) is 21.8. The van der Waals surface area contributed by atoms with Crippen molar-refractivity contribution in [2.24, 2.45) is 5.92 Å². The van der Waals surface area contributed by atoms with Gasteiger partial charge in [-0.05, 0) is 68.1 Å². The van der Waals surface area contributed by atoms with E-state index in [1.165, 1.54) is 0 Å². The van der Waals surface area contributed by atoms with Crippen molar-refractivity contribution in [1.29, 1.82) is 0 Å². The number of nitrogens with zero attached hydrogens (tertiary/aromatic N) is 2. The van der Waals surface area contributed by atoms with E-state index in [1.54, 1.807) is 9.80 Å². The number of benzene rings is 2. The molecule has 4 rings (SSSR count). The lowest BCUT2D eigenvalue weighted by Gasteiger charge is -2.32. The summed E-state index contributed by atoms with van der Waals surface area (Å²) >= 11 is 0. The molecule has 0 radical (unpaired) electrons. The second-order valence-corrected chi connectivity index (χ2v) is 8.27. The van der Waals surface area contributed by atoms with Crippen molar-refractivity contribution >= 4 is 34.9 Å². The van der Waals surface area contributed by atoms with Crippen LogP contribution in [0.2, 0.25) is 0 Å². The first-order valence-corrected chi connectivity index (χ1v) is 10.8. The minimum Gasteiger partial charge on any atom is -0.326 e. The molecule has 1 unspecified atom stereocenters. The Hall–Kier alpha value is -3.35. The van der Waals surface area contributed by atoms with Crippen molar-refractivity contribution in [3.8, 4) is 0 Å². The van der Waals surface area contributed by atoms with Crippen LogP contribution < -0.4 is 15.5 Å². The predicted octanol–water partition coefficient (Wildman–Crippen LogP) is 4.00. The van der Waals surface area contributed by atoms with E-state index in [0.29, 0.717) is 25.2 Å². The van der Waals surface area contributed by atoms with E-state index in [1.807, 2.05) is 55.5 Å². The monoisotopic (exact) mass is 420 g/mol. The van der Waals surface area contributed by atoms with E-state index in [4.69, 9.17) is 0 Å². The molecule has 0 aliphatic carbocycles. The number of aryl methyl sites for hydroxylation is 1. The highest BCUT2D eigenvalue weighted by Crippen LogP contribution is 2.24. The summed E-state index contributed by atoms with van der Waals surface area (Å²) < 4.78 is 0. The van der Waals surface area contributed by atoms with E-state index < -0.39 is 0 Å². The van der Waals surface area contributed by atoms with Crippen LogP contribution in [0.5, 0.6) is 0 Å². The number of hydrogen-bond donors (Lipinski definition) is 2. The number of rotatable bonds is 4. The van der Waals surface area contributed by atoms with Crippen LogP contribution in [0.3, 0.4) is 0 Å². The molecule has 162 valence electrons. The summed E-state index contributed by atoms with van der Waals surface area (Å²) in [5.41, 5.74) is 3.39. The minimum atomic E-state index is -0.253. The second kappa shape index (κ2) is 9.20. The molecule has 2 saturated heterocycles. The van der Waals surface area contributed by atoms with Gasteiger partial charge in [0.25, 0.3) is 0 Å². The lowest BCUT2D eigenvalue weighted by Crippen LogP contribution is -2.45. The first-order valence-electron chi connectivity index (χ1n) is 10.8. The Labute approximate surface area is 182 Å². The summed E-state index contributed by atoms with van der Waals surface area (Å²) in [5.74, 6) is -0.196. The van der Waals surface area contributed by atoms with Gasteiger partial charge in [-0.15, -0.1) is 0 Å². The fourth-order valence-corrected chi connectivity index (χ4v) is 4.19. The first-order chi connectivity index (χ1) is 15.0. The molecular formula is C24H28N4O3. The molecule has 2 aromatic rings. The summed E-state index contributed by atoms with van der Waals surface area (Å²) in [6, 6.07) is 14.9. The summed E-state index contributed by atoms with van der Waals surface area (Å²) in [4.78, 5) is 40.8. The molecule has 2 heterocycles. The lowest BCUT2D eigenvalue weighted by atomic mass is 9.97. The Morgan fingerprint density at radius 2 is 1.77 bits per heavy atom. The van der Waals surface area contributed by atoms with Crippen molar-refractivity contribution in [2.45, 2.75) is 32.6 Å². The third-order valence-electron chi connectivity index (χ3n) is 5.87. The molecule has 1 atom stereocenters. The van der Waals surface area contributed by atoms with Gasteiger partial charge in [-0.2, -0.15) is 0 Å². The standard InChI is InChI=1S/C24H28N4O3/c1-17-5-2-7-20(15-17)26-24(31)27-13-3-6-18(16-27)23(30)25-19-9-11-21(12-10-19)28-14-4-8-22(28)29/h2,5,7,9-12,15,18H,3-4,6,8,13-14,16H2,1H3,(H,25,30)(H,26,31). The molecular weight excluding hydrogens is 392 g/mol. The number of anilines is 3. The molecule has 7 nitrogen and oxygen atoms in total. The molecule has 2 fully saturated rings.